The van der Waals surface area contributed by atoms with Crippen LogP contribution in [0.25, 0.3) is 0 Å². The largest absolute Gasteiger partial charge is 0.136 e. The van der Waals surface area contributed by atoms with E-state index < -0.39 is 0 Å². The van der Waals surface area contributed by atoms with Crippen molar-refractivity contribution in [3.8, 4) is 0 Å². The van der Waals surface area contributed by atoms with Crippen LogP contribution in [0.15, 0.2) is 24.3 Å². The Morgan fingerprint density at radius 1 is 1.27 bits per heavy atom. The first-order valence-electron chi connectivity index (χ1n) is 3.34. The fraction of sp³-hybridized carbons (Fsp3) is 0.250. The zero-order chi connectivity index (χ0) is 8.27. The third kappa shape index (κ3) is 2.70. The Hall–Kier alpha value is 0.350. The van der Waals surface area contributed by atoms with Crippen molar-refractivity contribution in [2.24, 2.45) is 0 Å². The van der Waals surface area contributed by atoms with E-state index in [0.717, 1.165) is 0 Å². The first kappa shape index (κ1) is 9.44. The predicted molar refractivity (Wildman–Crippen MR) is 60.2 cm³/mol. The Morgan fingerprint density at radius 2 is 1.82 bits per heavy atom. The summed E-state index contributed by atoms with van der Waals surface area (Å²) in [5, 5.41) is 1.35. The number of hydrogen-bond donors (Lipinski definition) is 1. The summed E-state index contributed by atoms with van der Waals surface area (Å²) in [6.07, 6.45) is 1.82. The molecule has 0 aromatic heterocycles. The molecule has 1 aromatic rings. The minimum atomic E-state index is -0.275. The molecule has 0 aliphatic heterocycles. The van der Waals surface area contributed by atoms with E-state index in [0.29, 0.717) is 0 Å². The third-order valence-electron chi connectivity index (χ3n) is 1.43. The number of benzene rings is 1. The van der Waals surface area contributed by atoms with Crippen LogP contribution in [0.3, 0.4) is 0 Å². The molecule has 0 N–H and O–H groups in total. The van der Waals surface area contributed by atoms with Gasteiger partial charge in [0.1, 0.15) is 0 Å². The molecule has 3 heteroatoms. The molecule has 60 valence electrons. The fourth-order valence-corrected chi connectivity index (χ4v) is 2.79. The monoisotopic (exact) mass is 202 g/mol. The maximum Gasteiger partial charge on any atom is 0.0403 e. The average molecular weight is 202 g/mol. The molecule has 0 heterocycles. The van der Waals surface area contributed by atoms with E-state index in [1.54, 1.807) is 0 Å². The zero-order valence-electron chi connectivity index (χ0n) is 6.61. The van der Waals surface area contributed by atoms with Crippen molar-refractivity contribution in [1.82, 2.24) is 0 Å². The molecular weight excluding hydrogens is 191 g/mol. The highest BCUT2D eigenvalue weighted by molar-refractivity contribution is 8.85. The summed E-state index contributed by atoms with van der Waals surface area (Å²) in [5.41, 5.74) is 1.31. The molecular formula is C8H11PS2. The van der Waals surface area contributed by atoms with Gasteiger partial charge < -0.3 is 0 Å². The standard InChI is InChI=1S/C8H11PS2/c1-7-3-5-8(6-4-7)9(10)11-2/h3-6,10H,1-2H3. The molecule has 0 spiro atoms. The first-order valence-corrected chi connectivity index (χ1v) is 7.66. The van der Waals surface area contributed by atoms with Gasteiger partial charge in [-0.05, 0) is 18.5 Å². The van der Waals surface area contributed by atoms with Gasteiger partial charge in [-0.2, -0.15) is 0 Å². The summed E-state index contributed by atoms with van der Waals surface area (Å²) in [4.78, 5) is 0. The van der Waals surface area contributed by atoms with Crippen LogP contribution in [0, 0.1) is 6.92 Å². The van der Waals surface area contributed by atoms with Gasteiger partial charge in [-0.25, -0.2) is 0 Å². The maximum absolute atomic E-state index is 4.48. The van der Waals surface area contributed by atoms with Crippen LogP contribution in [0.5, 0.6) is 0 Å². The Kier molecular flexibility index (Phi) is 3.77. The van der Waals surface area contributed by atoms with E-state index in [1.807, 2.05) is 11.4 Å². The number of thiol groups is 1. The lowest BCUT2D eigenvalue weighted by atomic mass is 10.2. The smallest absolute Gasteiger partial charge is 0.0403 e. The van der Waals surface area contributed by atoms with Gasteiger partial charge in [0.2, 0.25) is 0 Å². The second-order valence-corrected chi connectivity index (χ2v) is 7.92. The Labute approximate surface area is 78.4 Å². The van der Waals surface area contributed by atoms with Gasteiger partial charge in [-0.15, -0.1) is 23.6 Å². The fourth-order valence-electron chi connectivity index (χ4n) is 0.778. The number of rotatable bonds is 2. The lowest BCUT2D eigenvalue weighted by molar-refractivity contribution is 1.49. The van der Waals surface area contributed by atoms with E-state index in [9.17, 15) is 0 Å². The minimum Gasteiger partial charge on any atom is -0.136 e. The van der Waals surface area contributed by atoms with Crippen molar-refractivity contribution in [3.05, 3.63) is 29.8 Å². The van der Waals surface area contributed by atoms with E-state index in [-0.39, 0.29) is 6.33 Å². The van der Waals surface area contributed by atoms with Crippen LogP contribution in [0.1, 0.15) is 5.56 Å². The lowest BCUT2D eigenvalue weighted by Crippen LogP contribution is -1.93. The van der Waals surface area contributed by atoms with Gasteiger partial charge in [0.15, 0.2) is 0 Å². The summed E-state index contributed by atoms with van der Waals surface area (Å²) in [5.74, 6) is 0. The van der Waals surface area contributed by atoms with Gasteiger partial charge in [-0.3, -0.25) is 0 Å². The summed E-state index contributed by atoms with van der Waals surface area (Å²) >= 11 is 6.29. The highest BCUT2D eigenvalue weighted by Gasteiger charge is 2.01. The van der Waals surface area contributed by atoms with Crippen molar-refractivity contribution in [2.75, 3.05) is 6.26 Å². The maximum atomic E-state index is 4.48. The van der Waals surface area contributed by atoms with Crippen molar-refractivity contribution in [3.63, 3.8) is 0 Å². The van der Waals surface area contributed by atoms with Gasteiger partial charge in [0.05, 0.1) is 0 Å². The second-order valence-electron chi connectivity index (χ2n) is 2.29. The van der Waals surface area contributed by atoms with Crippen LogP contribution in [-0.2, 0) is 0 Å². The highest BCUT2D eigenvalue weighted by atomic mass is 33.1. The summed E-state index contributed by atoms with van der Waals surface area (Å²) in [7, 11) is 0. The Balaban J connectivity index is 2.81. The predicted octanol–water partition coefficient (Wildman–Crippen LogP) is 3.23. The zero-order valence-corrected chi connectivity index (χ0v) is 9.22. The molecule has 0 fully saturated rings. The third-order valence-corrected chi connectivity index (χ3v) is 6.35. The molecule has 0 bridgehead atoms. The van der Waals surface area contributed by atoms with E-state index in [1.165, 1.54) is 10.9 Å². The molecule has 0 saturated carbocycles. The number of hydrogen-bond acceptors (Lipinski definition) is 2. The van der Waals surface area contributed by atoms with Gasteiger partial charge >= 0.3 is 0 Å². The number of aryl methyl sites for hydroxylation is 1. The van der Waals surface area contributed by atoms with Crippen LogP contribution < -0.4 is 5.30 Å². The van der Waals surface area contributed by atoms with Crippen LogP contribution in [0.4, 0.5) is 0 Å². The summed E-state index contributed by atoms with van der Waals surface area (Å²) < 4.78 is 0. The molecule has 0 radical (unpaired) electrons. The van der Waals surface area contributed by atoms with E-state index in [2.05, 4.69) is 49.7 Å². The highest BCUT2D eigenvalue weighted by Crippen LogP contribution is 2.50. The van der Waals surface area contributed by atoms with Crippen LogP contribution in [-0.4, -0.2) is 6.26 Å². The SMILES string of the molecule is CSP(S)c1ccc(C)cc1. The minimum absolute atomic E-state index is 0.275. The van der Waals surface area contributed by atoms with Crippen molar-refractivity contribution in [1.29, 1.82) is 0 Å². The quantitative estimate of drug-likeness (QED) is 0.567. The molecule has 0 aliphatic rings. The Bertz CT molecular complexity index is 220. The van der Waals surface area contributed by atoms with E-state index >= 15 is 0 Å². The average Bonchev–Trinajstić information content (AvgIpc) is 2.05. The summed E-state index contributed by atoms with van der Waals surface area (Å²) in [6.45, 7) is 2.10. The molecule has 11 heavy (non-hydrogen) atoms. The molecule has 1 aromatic carbocycles. The first-order chi connectivity index (χ1) is 5.24. The molecule has 0 amide bonds. The van der Waals surface area contributed by atoms with Crippen LogP contribution >= 0.6 is 30.0 Å². The van der Waals surface area contributed by atoms with Gasteiger partial charge in [0, 0.05) is 6.33 Å². The molecule has 0 aliphatic carbocycles. The molecule has 1 rings (SSSR count). The van der Waals surface area contributed by atoms with Crippen LogP contribution in [0.2, 0.25) is 0 Å². The van der Waals surface area contributed by atoms with Crippen molar-refractivity contribution in [2.45, 2.75) is 6.92 Å². The molecule has 1 unspecified atom stereocenters. The van der Waals surface area contributed by atoms with Crippen molar-refractivity contribution >= 4 is 35.3 Å². The van der Waals surface area contributed by atoms with Gasteiger partial charge in [0.25, 0.3) is 0 Å². The normalized spacial score (nSPS) is 13.0. The lowest BCUT2D eigenvalue weighted by Gasteiger charge is -2.06. The Morgan fingerprint density at radius 3 is 2.27 bits per heavy atom. The molecule has 0 saturated heterocycles. The topological polar surface area (TPSA) is 0 Å². The van der Waals surface area contributed by atoms with Crippen molar-refractivity contribution < 1.29 is 0 Å². The summed E-state index contributed by atoms with van der Waals surface area (Å²) in [6, 6.07) is 8.59. The van der Waals surface area contributed by atoms with Gasteiger partial charge in [-0.1, -0.05) is 29.8 Å². The second kappa shape index (κ2) is 4.39. The molecule has 1 atom stereocenters. The molecule has 0 nitrogen and oxygen atoms in total. The van der Waals surface area contributed by atoms with E-state index in [4.69, 9.17) is 0 Å².